The fraction of sp³-hybridized carbons (Fsp3) is 0. The van der Waals surface area contributed by atoms with Crippen LogP contribution in [0.4, 0.5) is 0 Å². The summed E-state index contributed by atoms with van der Waals surface area (Å²) in [5.74, 6) is 0. The van der Waals surface area contributed by atoms with Gasteiger partial charge >= 0.3 is 0 Å². The summed E-state index contributed by atoms with van der Waals surface area (Å²) in [7, 11) is 0. The van der Waals surface area contributed by atoms with Gasteiger partial charge in [-0.05, 0) is 51.6 Å². The highest BCUT2D eigenvalue weighted by molar-refractivity contribution is 5.91. The Balaban J connectivity index is 1.76. The molecule has 0 aliphatic rings. The molecule has 0 atom stereocenters. The molecule has 1 heterocycles. The lowest BCUT2D eigenvalue weighted by atomic mass is 9.94. The zero-order valence-electron chi connectivity index (χ0n) is 14.4. The number of pyridine rings is 1. The molecule has 1 heteroatoms. The highest BCUT2D eigenvalue weighted by Crippen LogP contribution is 2.28. The van der Waals surface area contributed by atoms with Crippen molar-refractivity contribution in [1.29, 1.82) is 0 Å². The topological polar surface area (TPSA) is 12.9 Å². The minimum atomic E-state index is 1.16. The molecular formula is C25H19N. The average molecular weight is 333 g/mol. The second-order valence-corrected chi connectivity index (χ2v) is 6.15. The number of benzene rings is 3. The van der Waals surface area contributed by atoms with Crippen molar-refractivity contribution < 1.29 is 0 Å². The predicted octanol–water partition coefficient (Wildman–Crippen LogP) is 6.34. The molecule has 0 aliphatic carbocycles. The molecular weight excluding hydrogens is 314 g/mol. The van der Waals surface area contributed by atoms with Crippen molar-refractivity contribution in [2.45, 2.75) is 0 Å². The second kappa shape index (κ2) is 7.62. The summed E-state index contributed by atoms with van der Waals surface area (Å²) in [6, 6.07) is 33.7. The van der Waals surface area contributed by atoms with Gasteiger partial charge in [0.25, 0.3) is 0 Å². The highest BCUT2D eigenvalue weighted by atomic mass is 14.6. The maximum absolute atomic E-state index is 4.16. The molecule has 26 heavy (non-hydrogen) atoms. The first-order valence-corrected chi connectivity index (χ1v) is 8.73. The van der Waals surface area contributed by atoms with E-state index in [1.54, 1.807) is 0 Å². The molecule has 0 saturated carbocycles. The number of hydrogen-bond donors (Lipinski definition) is 0. The molecule has 0 saturated heterocycles. The summed E-state index contributed by atoms with van der Waals surface area (Å²) < 4.78 is 0. The standard InChI is InChI=1S/C25H19N/c1-3-7-20(8-4-1)19-25(24-15-17-26-18-16-24)23-13-11-22(12-14-23)21-9-5-2-6-10-21/h1-19H. The largest absolute Gasteiger partial charge is 0.265 e. The lowest BCUT2D eigenvalue weighted by Gasteiger charge is -2.10. The van der Waals surface area contributed by atoms with Gasteiger partial charge in [-0.15, -0.1) is 0 Å². The first-order valence-electron chi connectivity index (χ1n) is 8.73. The van der Waals surface area contributed by atoms with Crippen molar-refractivity contribution >= 4 is 11.6 Å². The lowest BCUT2D eigenvalue weighted by Crippen LogP contribution is -1.89. The van der Waals surface area contributed by atoms with E-state index in [0.29, 0.717) is 0 Å². The van der Waals surface area contributed by atoms with Crippen molar-refractivity contribution in [2.75, 3.05) is 0 Å². The van der Waals surface area contributed by atoms with Gasteiger partial charge in [0.15, 0.2) is 0 Å². The van der Waals surface area contributed by atoms with Crippen LogP contribution in [0.1, 0.15) is 16.7 Å². The molecule has 0 fully saturated rings. The van der Waals surface area contributed by atoms with Crippen molar-refractivity contribution in [2.24, 2.45) is 0 Å². The normalized spacial score (nSPS) is 11.3. The van der Waals surface area contributed by atoms with E-state index in [9.17, 15) is 0 Å². The number of nitrogens with zero attached hydrogens (tertiary/aromatic N) is 1. The first kappa shape index (κ1) is 16.0. The van der Waals surface area contributed by atoms with Gasteiger partial charge in [0.05, 0.1) is 0 Å². The summed E-state index contributed by atoms with van der Waals surface area (Å²) >= 11 is 0. The quantitative estimate of drug-likeness (QED) is 0.397. The van der Waals surface area contributed by atoms with Crippen LogP contribution in [0.15, 0.2) is 109 Å². The maximum atomic E-state index is 4.16. The molecule has 124 valence electrons. The molecule has 1 nitrogen and oxygen atoms in total. The predicted molar refractivity (Wildman–Crippen MR) is 110 cm³/mol. The SMILES string of the molecule is C(=C(c1ccncc1)c1ccc(-c2ccccc2)cc1)c1ccccc1. The third-order valence-electron chi connectivity index (χ3n) is 4.40. The van der Waals surface area contributed by atoms with Gasteiger partial charge in [-0.25, -0.2) is 0 Å². The molecule has 4 aromatic rings. The van der Waals surface area contributed by atoms with Crippen LogP contribution in [0, 0.1) is 0 Å². The van der Waals surface area contributed by atoms with Crippen LogP contribution in [0.5, 0.6) is 0 Å². The first-order chi connectivity index (χ1) is 12.9. The lowest BCUT2D eigenvalue weighted by molar-refractivity contribution is 1.32. The summed E-state index contributed by atoms with van der Waals surface area (Å²) in [4.78, 5) is 4.16. The van der Waals surface area contributed by atoms with Crippen LogP contribution in [0.2, 0.25) is 0 Å². The Morgan fingerprint density at radius 2 is 1.08 bits per heavy atom. The van der Waals surface area contributed by atoms with E-state index in [1.807, 2.05) is 24.5 Å². The molecule has 0 radical (unpaired) electrons. The van der Waals surface area contributed by atoms with E-state index >= 15 is 0 Å². The van der Waals surface area contributed by atoms with Crippen LogP contribution in [-0.2, 0) is 0 Å². The zero-order valence-corrected chi connectivity index (χ0v) is 14.4. The van der Waals surface area contributed by atoms with Gasteiger partial charge in [-0.3, -0.25) is 4.98 Å². The zero-order chi connectivity index (χ0) is 17.6. The summed E-state index contributed by atoms with van der Waals surface area (Å²) in [6.07, 6.45) is 5.91. The van der Waals surface area contributed by atoms with Crippen molar-refractivity contribution in [3.8, 4) is 11.1 Å². The van der Waals surface area contributed by atoms with Gasteiger partial charge in [0.2, 0.25) is 0 Å². The minimum Gasteiger partial charge on any atom is -0.265 e. The fourth-order valence-corrected chi connectivity index (χ4v) is 3.05. The number of rotatable bonds is 4. The van der Waals surface area contributed by atoms with Crippen LogP contribution in [0.3, 0.4) is 0 Å². The van der Waals surface area contributed by atoms with E-state index in [2.05, 4.69) is 96.0 Å². The Morgan fingerprint density at radius 1 is 0.538 bits per heavy atom. The van der Waals surface area contributed by atoms with E-state index in [0.717, 1.165) is 5.56 Å². The van der Waals surface area contributed by atoms with Gasteiger partial charge in [-0.2, -0.15) is 0 Å². The van der Waals surface area contributed by atoms with Gasteiger partial charge in [-0.1, -0.05) is 84.9 Å². The molecule has 0 bridgehead atoms. The number of aromatic nitrogens is 1. The molecule has 0 N–H and O–H groups in total. The summed E-state index contributed by atoms with van der Waals surface area (Å²) in [5, 5.41) is 0. The second-order valence-electron chi connectivity index (χ2n) is 6.15. The maximum Gasteiger partial charge on any atom is 0.0273 e. The van der Waals surface area contributed by atoms with Crippen LogP contribution in [-0.4, -0.2) is 4.98 Å². The molecule has 0 spiro atoms. The monoisotopic (exact) mass is 333 g/mol. The Morgan fingerprint density at radius 3 is 1.73 bits per heavy atom. The smallest absolute Gasteiger partial charge is 0.0273 e. The summed E-state index contributed by atoms with van der Waals surface area (Å²) in [5.41, 5.74) is 7.19. The Labute approximate surface area is 154 Å². The molecule has 4 rings (SSSR count). The van der Waals surface area contributed by atoms with Crippen molar-refractivity contribution in [1.82, 2.24) is 4.98 Å². The highest BCUT2D eigenvalue weighted by Gasteiger charge is 2.06. The van der Waals surface area contributed by atoms with E-state index in [-0.39, 0.29) is 0 Å². The van der Waals surface area contributed by atoms with Gasteiger partial charge in [0, 0.05) is 12.4 Å². The van der Waals surface area contributed by atoms with E-state index < -0.39 is 0 Å². The number of hydrogen-bond acceptors (Lipinski definition) is 1. The molecule has 0 amide bonds. The van der Waals surface area contributed by atoms with Crippen LogP contribution >= 0.6 is 0 Å². The fourth-order valence-electron chi connectivity index (χ4n) is 3.05. The van der Waals surface area contributed by atoms with Gasteiger partial charge < -0.3 is 0 Å². The van der Waals surface area contributed by atoms with Crippen LogP contribution < -0.4 is 0 Å². The average Bonchev–Trinajstić information content (AvgIpc) is 2.74. The van der Waals surface area contributed by atoms with Crippen molar-refractivity contribution in [3.05, 3.63) is 126 Å². The Hall–Kier alpha value is -3.45. The van der Waals surface area contributed by atoms with E-state index in [4.69, 9.17) is 0 Å². The third-order valence-corrected chi connectivity index (χ3v) is 4.40. The van der Waals surface area contributed by atoms with Crippen molar-refractivity contribution in [3.63, 3.8) is 0 Å². The molecule has 3 aromatic carbocycles. The summed E-state index contributed by atoms with van der Waals surface area (Å²) in [6.45, 7) is 0. The molecule has 0 aliphatic heterocycles. The Bertz CT molecular complexity index is 986. The third kappa shape index (κ3) is 3.62. The molecule has 1 aromatic heterocycles. The van der Waals surface area contributed by atoms with Gasteiger partial charge in [0.1, 0.15) is 0 Å². The van der Waals surface area contributed by atoms with Crippen LogP contribution in [0.25, 0.3) is 22.8 Å². The Kier molecular flexibility index (Phi) is 4.70. The molecule has 0 unspecified atom stereocenters. The minimum absolute atomic E-state index is 1.16. The van der Waals surface area contributed by atoms with E-state index in [1.165, 1.54) is 27.8 Å².